The van der Waals surface area contributed by atoms with Crippen LogP contribution in [0.15, 0.2) is 84.0 Å². The molecular formula is C24H22N2O. The van der Waals surface area contributed by atoms with Gasteiger partial charge in [0.15, 0.2) is 0 Å². The Balaban J connectivity index is 1.57. The molecule has 3 aromatic carbocycles. The van der Waals surface area contributed by atoms with Gasteiger partial charge in [0, 0.05) is 17.5 Å². The zero-order chi connectivity index (χ0) is 18.2. The number of aryl methyl sites for hydroxylation is 1. The molecule has 0 bridgehead atoms. The Bertz CT molecular complexity index is 979. The van der Waals surface area contributed by atoms with Crippen LogP contribution in [0.5, 0.6) is 5.75 Å². The molecule has 0 radical (unpaired) electrons. The highest BCUT2D eigenvalue weighted by atomic mass is 16.5. The molecule has 134 valence electrons. The number of hydrogen-bond acceptors (Lipinski definition) is 3. The van der Waals surface area contributed by atoms with Crippen molar-refractivity contribution in [3.63, 3.8) is 0 Å². The standard InChI is InChI=1S/C24H22N2O/c1-2-17-12-14-19(15-13-17)24-26-22(20-10-6-7-11-23(20)27-24)16-21(25-26)18-8-4-3-5-9-18/h3-15,22,24H,2,16H2,1H3/t22-,24+/m1/s1. The number of fused-ring (bicyclic) bond motifs is 3. The van der Waals surface area contributed by atoms with Crippen LogP contribution in [0.1, 0.15) is 47.9 Å². The molecule has 3 heteroatoms. The lowest BCUT2D eigenvalue weighted by Crippen LogP contribution is -2.33. The van der Waals surface area contributed by atoms with Gasteiger partial charge >= 0.3 is 0 Å². The number of nitrogens with zero attached hydrogens (tertiary/aromatic N) is 2. The zero-order valence-electron chi connectivity index (χ0n) is 15.4. The van der Waals surface area contributed by atoms with E-state index in [1.165, 1.54) is 16.7 Å². The molecule has 0 aliphatic carbocycles. The van der Waals surface area contributed by atoms with Gasteiger partial charge in [0.2, 0.25) is 6.23 Å². The Kier molecular flexibility index (Phi) is 3.93. The molecule has 0 amide bonds. The highest BCUT2D eigenvalue weighted by Crippen LogP contribution is 2.47. The average molecular weight is 354 g/mol. The van der Waals surface area contributed by atoms with Crippen LogP contribution in [0, 0.1) is 0 Å². The summed E-state index contributed by atoms with van der Waals surface area (Å²) in [4.78, 5) is 0. The van der Waals surface area contributed by atoms with E-state index in [0.29, 0.717) is 0 Å². The molecule has 27 heavy (non-hydrogen) atoms. The van der Waals surface area contributed by atoms with Gasteiger partial charge in [-0.3, -0.25) is 0 Å². The molecule has 3 nitrogen and oxygen atoms in total. The second kappa shape index (κ2) is 6.58. The SMILES string of the molecule is CCc1ccc([C@@H]2Oc3ccccc3[C@H]3CC(c4ccccc4)=NN32)cc1. The molecule has 2 heterocycles. The highest BCUT2D eigenvalue weighted by molar-refractivity contribution is 6.01. The molecule has 2 atom stereocenters. The number of hydrogen-bond donors (Lipinski definition) is 0. The first kappa shape index (κ1) is 16.1. The van der Waals surface area contributed by atoms with Crippen molar-refractivity contribution in [3.05, 3.63) is 101 Å². The summed E-state index contributed by atoms with van der Waals surface area (Å²) in [5.74, 6) is 0.966. The first-order valence-corrected chi connectivity index (χ1v) is 9.59. The van der Waals surface area contributed by atoms with Crippen molar-refractivity contribution in [1.29, 1.82) is 0 Å². The molecule has 2 aliphatic heterocycles. The van der Waals surface area contributed by atoms with Gasteiger partial charge in [-0.25, -0.2) is 5.01 Å². The molecule has 0 spiro atoms. The van der Waals surface area contributed by atoms with E-state index in [1.54, 1.807) is 0 Å². The summed E-state index contributed by atoms with van der Waals surface area (Å²) in [6.07, 6.45) is 1.74. The number of rotatable bonds is 3. The van der Waals surface area contributed by atoms with E-state index >= 15 is 0 Å². The van der Waals surface area contributed by atoms with Crippen molar-refractivity contribution < 1.29 is 4.74 Å². The lowest BCUT2D eigenvalue weighted by Gasteiger charge is -2.38. The minimum atomic E-state index is -0.197. The maximum atomic E-state index is 6.41. The van der Waals surface area contributed by atoms with Gasteiger partial charge in [-0.05, 0) is 23.6 Å². The number of hydrazone groups is 1. The third-order valence-electron chi connectivity index (χ3n) is 5.48. The predicted molar refractivity (Wildman–Crippen MR) is 108 cm³/mol. The Morgan fingerprint density at radius 3 is 2.44 bits per heavy atom. The van der Waals surface area contributed by atoms with Crippen LogP contribution in [-0.2, 0) is 6.42 Å². The van der Waals surface area contributed by atoms with Gasteiger partial charge in [-0.15, -0.1) is 0 Å². The van der Waals surface area contributed by atoms with Crippen LogP contribution in [0.2, 0.25) is 0 Å². The van der Waals surface area contributed by atoms with Crippen LogP contribution < -0.4 is 4.74 Å². The summed E-state index contributed by atoms with van der Waals surface area (Å²) in [6, 6.07) is 27.7. The van der Waals surface area contributed by atoms with Gasteiger partial charge in [-0.1, -0.05) is 79.7 Å². The van der Waals surface area contributed by atoms with Crippen molar-refractivity contribution in [2.24, 2.45) is 5.10 Å². The van der Waals surface area contributed by atoms with Crippen LogP contribution in [0.25, 0.3) is 0 Å². The summed E-state index contributed by atoms with van der Waals surface area (Å²) in [5, 5.41) is 7.15. The van der Waals surface area contributed by atoms with E-state index in [0.717, 1.165) is 29.9 Å². The predicted octanol–water partition coefficient (Wildman–Crippen LogP) is 5.49. The molecule has 0 saturated carbocycles. The van der Waals surface area contributed by atoms with Crippen LogP contribution in [0.4, 0.5) is 0 Å². The summed E-state index contributed by atoms with van der Waals surface area (Å²) < 4.78 is 6.41. The van der Waals surface area contributed by atoms with Crippen molar-refractivity contribution in [2.45, 2.75) is 32.0 Å². The summed E-state index contributed by atoms with van der Waals surface area (Å²) >= 11 is 0. The van der Waals surface area contributed by atoms with Crippen molar-refractivity contribution in [1.82, 2.24) is 5.01 Å². The number of benzene rings is 3. The minimum Gasteiger partial charge on any atom is -0.464 e. The Labute approximate surface area is 159 Å². The lowest BCUT2D eigenvalue weighted by atomic mass is 9.96. The van der Waals surface area contributed by atoms with Gasteiger partial charge in [-0.2, -0.15) is 5.10 Å². The summed E-state index contributed by atoms with van der Waals surface area (Å²) in [7, 11) is 0. The van der Waals surface area contributed by atoms with E-state index in [2.05, 4.69) is 78.7 Å². The summed E-state index contributed by atoms with van der Waals surface area (Å²) in [5.41, 5.74) is 6.00. The highest BCUT2D eigenvalue weighted by Gasteiger charge is 2.40. The van der Waals surface area contributed by atoms with E-state index in [1.807, 2.05) is 12.1 Å². The molecule has 5 rings (SSSR count). The fourth-order valence-corrected chi connectivity index (χ4v) is 3.98. The van der Waals surface area contributed by atoms with Crippen molar-refractivity contribution in [2.75, 3.05) is 0 Å². The van der Waals surface area contributed by atoms with E-state index in [9.17, 15) is 0 Å². The smallest absolute Gasteiger partial charge is 0.213 e. The number of ether oxygens (including phenoxy) is 1. The second-order valence-corrected chi connectivity index (χ2v) is 7.12. The average Bonchev–Trinajstić information content (AvgIpc) is 3.20. The third-order valence-corrected chi connectivity index (χ3v) is 5.48. The quantitative estimate of drug-likeness (QED) is 0.621. The maximum absolute atomic E-state index is 6.41. The van der Waals surface area contributed by atoms with Crippen molar-refractivity contribution >= 4 is 5.71 Å². The fraction of sp³-hybridized carbons (Fsp3) is 0.208. The lowest BCUT2D eigenvalue weighted by molar-refractivity contribution is -0.0190. The van der Waals surface area contributed by atoms with Crippen LogP contribution in [-0.4, -0.2) is 10.7 Å². The van der Waals surface area contributed by atoms with Gasteiger partial charge in [0.1, 0.15) is 5.75 Å². The molecular weight excluding hydrogens is 332 g/mol. The molecule has 0 aromatic heterocycles. The first-order chi connectivity index (χ1) is 13.3. The largest absolute Gasteiger partial charge is 0.464 e. The van der Waals surface area contributed by atoms with Crippen molar-refractivity contribution in [3.8, 4) is 5.75 Å². The normalized spacial score (nSPS) is 20.5. The third kappa shape index (κ3) is 2.80. The molecule has 3 aromatic rings. The molecule has 0 unspecified atom stereocenters. The molecule has 0 fully saturated rings. The fourth-order valence-electron chi connectivity index (χ4n) is 3.98. The topological polar surface area (TPSA) is 24.8 Å². The number of para-hydroxylation sites is 1. The van der Waals surface area contributed by atoms with Gasteiger partial charge in [0.25, 0.3) is 0 Å². The van der Waals surface area contributed by atoms with E-state index in [-0.39, 0.29) is 12.3 Å². The molecule has 2 aliphatic rings. The van der Waals surface area contributed by atoms with Crippen LogP contribution >= 0.6 is 0 Å². The summed E-state index contributed by atoms with van der Waals surface area (Å²) in [6.45, 7) is 2.18. The van der Waals surface area contributed by atoms with Gasteiger partial charge in [0.05, 0.1) is 11.8 Å². The first-order valence-electron chi connectivity index (χ1n) is 9.59. The van der Waals surface area contributed by atoms with Crippen LogP contribution in [0.3, 0.4) is 0 Å². The molecule has 0 N–H and O–H groups in total. The maximum Gasteiger partial charge on any atom is 0.213 e. The monoisotopic (exact) mass is 354 g/mol. The van der Waals surface area contributed by atoms with Gasteiger partial charge < -0.3 is 4.74 Å². The zero-order valence-corrected chi connectivity index (χ0v) is 15.4. The molecule has 0 saturated heterocycles. The van der Waals surface area contributed by atoms with E-state index in [4.69, 9.17) is 9.84 Å². The Morgan fingerprint density at radius 2 is 1.67 bits per heavy atom. The minimum absolute atomic E-state index is 0.197. The Hall–Kier alpha value is -3.07. The second-order valence-electron chi connectivity index (χ2n) is 7.12. The Morgan fingerprint density at radius 1 is 0.926 bits per heavy atom. The van der Waals surface area contributed by atoms with E-state index < -0.39 is 0 Å².